The van der Waals surface area contributed by atoms with Gasteiger partial charge in [0.15, 0.2) is 0 Å². The first-order chi connectivity index (χ1) is 0. The molecule has 0 rings (SSSR count). The fraction of sp³-hybridized carbons (Fsp3) is 0. The molecule has 0 heterocycles. The molecule has 0 bridgehead atoms. The van der Waals surface area contributed by atoms with Gasteiger partial charge in [-0.05, 0) is 0 Å². The topological polar surface area (TPSA) is 0 Å². The first-order valence-electron chi connectivity index (χ1n) is 0. The molecule has 0 nitrogen and oxygen atoms in total. The molecule has 2 radical (unpaired) electrons. The normalized spacial score (nSPS) is 0. The van der Waals surface area contributed by atoms with Gasteiger partial charge in [-0.2, -0.15) is 0 Å². The largest absolute Gasteiger partial charge is 0 e. The molecule has 0 aliphatic carbocycles. The van der Waals surface area contributed by atoms with E-state index in [-0.39, 0.29) is 96.8 Å². The van der Waals surface area contributed by atoms with Crippen molar-refractivity contribution in [3.63, 3.8) is 0 Å². The summed E-state index contributed by atoms with van der Waals surface area (Å²) >= 11 is 0. The zero-order chi connectivity index (χ0) is 0. The van der Waals surface area contributed by atoms with Gasteiger partial charge in [0, 0.05) is 96.8 Å². The van der Waals surface area contributed by atoms with E-state index in [1.165, 1.54) is 0 Å². The van der Waals surface area contributed by atoms with Crippen molar-refractivity contribution in [3.05, 3.63) is 0 Å². The molecule has 0 aromatic carbocycles. The maximum absolute atomic E-state index is 0. The van der Waals surface area contributed by atoms with E-state index in [0.717, 1.165) is 0 Å². The summed E-state index contributed by atoms with van der Waals surface area (Å²) in [5.41, 5.74) is 0. The molecule has 0 spiro atoms. The van der Waals surface area contributed by atoms with E-state index in [4.69, 9.17) is 0 Å². The Morgan fingerprint density at radius 1 is 1.00 bits per heavy atom. The van der Waals surface area contributed by atoms with Gasteiger partial charge in [0.2, 0.25) is 0 Å². The molecule has 0 saturated heterocycles. The summed E-state index contributed by atoms with van der Waals surface area (Å²) in [6, 6.07) is 0. The van der Waals surface area contributed by atoms with Crippen molar-refractivity contribution < 1.29 is 96.8 Å². The van der Waals surface area contributed by atoms with Crippen LogP contribution in [0.3, 0.4) is 0 Å². The third-order valence-corrected chi connectivity index (χ3v) is 0. The molecule has 0 amide bonds. The van der Waals surface area contributed by atoms with Gasteiger partial charge in [-0.1, -0.05) is 0 Å². The summed E-state index contributed by atoms with van der Waals surface area (Å²) < 4.78 is 0. The van der Waals surface area contributed by atoms with Crippen LogP contribution in [0.1, 0.15) is 0 Å². The van der Waals surface area contributed by atoms with Crippen LogP contribution in [-0.2, 0) is 59.1 Å². The average molecular weight is 377 g/mol. The van der Waals surface area contributed by atoms with Crippen LogP contribution in [-0.4, -0.2) is 0 Å². The van der Waals surface area contributed by atoms with Crippen LogP contribution in [0, 0.1) is 37.7 Å². The summed E-state index contributed by atoms with van der Waals surface area (Å²) in [5.74, 6) is 0. The zero-order valence-corrected chi connectivity index (χ0v) is 10.2. The summed E-state index contributed by atoms with van der Waals surface area (Å²) in [5, 5.41) is 0. The van der Waals surface area contributed by atoms with Gasteiger partial charge in [-0.15, -0.1) is 0 Å². The van der Waals surface area contributed by atoms with E-state index in [2.05, 4.69) is 0 Å². The number of hydrogen-bond acceptors (Lipinski definition) is 0. The molecule has 0 atom stereocenters. The summed E-state index contributed by atoms with van der Waals surface area (Å²) in [6.45, 7) is 0. The Morgan fingerprint density at radius 3 is 1.00 bits per heavy atom. The molecule has 0 N–H and O–H groups in total. The minimum atomic E-state index is 0. The van der Waals surface area contributed by atoms with Gasteiger partial charge >= 0.3 is 0 Å². The van der Waals surface area contributed by atoms with Crippen LogP contribution in [0.25, 0.3) is 0 Å². The molecule has 4 heavy (non-hydrogen) atoms. The minimum absolute atomic E-state index is 0. The van der Waals surface area contributed by atoms with E-state index < -0.39 is 0 Å². The van der Waals surface area contributed by atoms with Crippen LogP contribution in [0.15, 0.2) is 0 Å². The maximum Gasteiger partial charge on any atom is 0 e. The Kier molecular flexibility index (Phi) is 112. The second kappa shape index (κ2) is 16.4. The molecule has 0 aromatic rings. The Bertz CT molecular complexity index is 8.00. The van der Waals surface area contributed by atoms with Gasteiger partial charge in [-0.25, -0.2) is 0 Å². The van der Waals surface area contributed by atoms with Crippen LogP contribution in [0.4, 0.5) is 0 Å². The molecule has 4 heteroatoms. The number of rotatable bonds is 0. The molecule has 0 aliphatic heterocycles. The van der Waals surface area contributed by atoms with Crippen molar-refractivity contribution in [1.29, 1.82) is 0 Å². The van der Waals surface area contributed by atoms with Crippen molar-refractivity contribution in [2.24, 2.45) is 0 Å². The molecule has 0 aliphatic rings. The molecular formula is HoMoVZn. The predicted octanol–water partition coefficient (Wildman–Crippen LogP) is -0.00750. The van der Waals surface area contributed by atoms with Crippen molar-refractivity contribution >= 4 is 0 Å². The third kappa shape index (κ3) is 8.94. The molecule has 0 saturated carbocycles. The van der Waals surface area contributed by atoms with Gasteiger partial charge in [-0.3, -0.25) is 0 Å². The van der Waals surface area contributed by atoms with Crippen molar-refractivity contribution in [3.8, 4) is 0 Å². The van der Waals surface area contributed by atoms with E-state index in [9.17, 15) is 0 Å². The smallest absolute Gasteiger partial charge is 0 e. The van der Waals surface area contributed by atoms with Gasteiger partial charge in [0.1, 0.15) is 0 Å². The van der Waals surface area contributed by atoms with Crippen LogP contribution < -0.4 is 0 Å². The standard InChI is InChI=1S/Ho.Mo.V.Zn. The fourth-order valence-electron chi connectivity index (χ4n) is 0. The molecule has 0 fully saturated rings. The van der Waals surface area contributed by atoms with Crippen LogP contribution in [0.5, 0.6) is 0 Å². The van der Waals surface area contributed by atoms with Gasteiger partial charge < -0.3 is 0 Å². The van der Waals surface area contributed by atoms with Crippen molar-refractivity contribution in [1.82, 2.24) is 0 Å². The van der Waals surface area contributed by atoms with Crippen LogP contribution in [0.2, 0.25) is 0 Å². The summed E-state index contributed by atoms with van der Waals surface area (Å²) in [4.78, 5) is 0. The Balaban J connectivity index is 0. The zero-order valence-electron chi connectivity index (χ0n) is 1.86. The Hall–Kier alpha value is 3.16. The average Bonchev–Trinajstić information content (AvgIpc) is 0. The Labute approximate surface area is 94.8 Å². The predicted molar refractivity (Wildman–Crippen MR) is 0 cm³/mol. The van der Waals surface area contributed by atoms with E-state index in [1.54, 1.807) is 0 Å². The second-order valence-corrected chi connectivity index (χ2v) is 0. The summed E-state index contributed by atoms with van der Waals surface area (Å²) in [6.07, 6.45) is 0. The first kappa shape index (κ1) is 27.2. The van der Waals surface area contributed by atoms with E-state index >= 15 is 0 Å². The quantitative estimate of drug-likeness (QED) is 0.522. The monoisotopic (exact) mass is 378 g/mol. The Morgan fingerprint density at radius 2 is 1.00 bits per heavy atom. The van der Waals surface area contributed by atoms with Crippen LogP contribution >= 0.6 is 0 Å². The second-order valence-electron chi connectivity index (χ2n) is 0. The first-order valence-corrected chi connectivity index (χ1v) is 0. The SMILES string of the molecule is [Ho].[Mo].[V].[Zn]. The fourth-order valence-corrected chi connectivity index (χ4v) is 0. The summed E-state index contributed by atoms with van der Waals surface area (Å²) in [7, 11) is 0. The molecule has 0 aromatic heterocycles. The van der Waals surface area contributed by atoms with Gasteiger partial charge in [0.05, 0.1) is 0 Å². The minimum Gasteiger partial charge on any atom is 0 e. The van der Waals surface area contributed by atoms with Crippen molar-refractivity contribution in [2.75, 3.05) is 0 Å². The van der Waals surface area contributed by atoms with Crippen molar-refractivity contribution in [2.45, 2.75) is 0 Å². The molecular weight excluding hydrogens is 377 g/mol. The third-order valence-electron chi connectivity index (χ3n) is 0. The number of hydrogen-bond donors (Lipinski definition) is 0. The van der Waals surface area contributed by atoms with Gasteiger partial charge in [0.25, 0.3) is 0 Å². The molecule has 24 valence electrons. The van der Waals surface area contributed by atoms with E-state index in [0.29, 0.717) is 0 Å². The van der Waals surface area contributed by atoms with E-state index in [1.807, 2.05) is 0 Å². The maximum atomic E-state index is 0. The molecule has 0 unspecified atom stereocenters.